The van der Waals surface area contributed by atoms with E-state index in [2.05, 4.69) is 23.2 Å². The highest BCUT2D eigenvalue weighted by Crippen LogP contribution is 2.35. The molecule has 0 aliphatic rings. The van der Waals surface area contributed by atoms with E-state index in [-0.39, 0.29) is 57.8 Å². The van der Waals surface area contributed by atoms with Crippen molar-refractivity contribution in [3.05, 3.63) is 157 Å². The molecule has 1 N–H and O–H groups in total. The molecule has 19 nitrogen and oxygen atoms in total. The van der Waals surface area contributed by atoms with E-state index in [1.54, 1.807) is 21.3 Å². The Balaban J connectivity index is 0.000000232. The van der Waals surface area contributed by atoms with Gasteiger partial charge >= 0.3 is 12.2 Å². The van der Waals surface area contributed by atoms with Crippen LogP contribution in [0, 0.1) is 6.92 Å². The molecular weight excluding hydrogens is 1270 g/mol. The van der Waals surface area contributed by atoms with E-state index in [1.807, 2.05) is 158 Å². The van der Waals surface area contributed by atoms with Crippen molar-refractivity contribution in [2.24, 2.45) is 0 Å². The maximum absolute atomic E-state index is 13.0. The van der Waals surface area contributed by atoms with Crippen molar-refractivity contribution in [3.63, 3.8) is 0 Å². The normalized spacial score (nSPS) is 11.6. The number of H-pyrrole nitrogens is 1. The summed E-state index contributed by atoms with van der Waals surface area (Å²) < 4.78 is 116. The predicted octanol–water partition coefficient (Wildman–Crippen LogP) is 15.4. The third-order valence-electron chi connectivity index (χ3n) is 13.7. The van der Waals surface area contributed by atoms with Crippen molar-refractivity contribution in [2.75, 3.05) is 119 Å². The van der Waals surface area contributed by atoms with Gasteiger partial charge in [-0.25, -0.2) is 27.5 Å². The molecule has 0 bridgehead atoms. The first-order valence-corrected chi connectivity index (χ1v) is 32.2. The quantitative estimate of drug-likeness (QED) is 0.0328. The molecule has 10 aromatic rings. The highest BCUT2D eigenvalue weighted by molar-refractivity contribution is 7.86. The second-order valence-corrected chi connectivity index (χ2v) is 24.7. The lowest BCUT2D eigenvalue weighted by Gasteiger charge is -2.20. The molecule has 3 heterocycles. The van der Waals surface area contributed by atoms with Gasteiger partial charge in [0.1, 0.15) is 61.6 Å². The molecule has 23 heteroatoms. The van der Waals surface area contributed by atoms with E-state index >= 15 is 0 Å². The van der Waals surface area contributed by atoms with Crippen LogP contribution in [0.4, 0.5) is 18.4 Å². The highest BCUT2D eigenvalue weighted by atomic mass is 35.5. The lowest BCUT2D eigenvalue weighted by atomic mass is 10.1. The highest BCUT2D eigenvalue weighted by Gasteiger charge is 2.25. The van der Waals surface area contributed by atoms with Crippen molar-refractivity contribution >= 4 is 100 Å². The molecule has 0 unspecified atom stereocenters. The number of hydrogen-bond acceptors (Lipinski definition) is 16. The molecule has 0 atom stereocenters. The van der Waals surface area contributed by atoms with Crippen molar-refractivity contribution < 1.29 is 83.1 Å². The number of aromatic nitrogens is 3. The molecule has 95 heavy (non-hydrogen) atoms. The number of halogens is 3. The van der Waals surface area contributed by atoms with Gasteiger partial charge in [-0.15, -0.1) is 12.4 Å². The Bertz CT molecular complexity index is 4130. The second-order valence-electron chi connectivity index (χ2n) is 23.1. The molecule has 3 aromatic heterocycles. The van der Waals surface area contributed by atoms with E-state index in [0.717, 1.165) is 60.4 Å². The predicted molar refractivity (Wildman–Crippen MR) is 370 cm³/mol. The first-order chi connectivity index (χ1) is 44.8. The summed E-state index contributed by atoms with van der Waals surface area (Å²) in [5.41, 5.74) is 4.90. The summed E-state index contributed by atoms with van der Waals surface area (Å²) in [6, 6.07) is 47.4. The van der Waals surface area contributed by atoms with Gasteiger partial charge in [0.05, 0.1) is 118 Å². The second kappa shape index (κ2) is 37.4. The van der Waals surface area contributed by atoms with Gasteiger partial charge in [0, 0.05) is 56.0 Å². The molecule has 0 aliphatic carbocycles. The average molecular weight is 1360 g/mol. The van der Waals surface area contributed by atoms with Gasteiger partial charge in [0.2, 0.25) is 0 Å². The molecule has 514 valence electrons. The number of para-hydroxylation sites is 3. The van der Waals surface area contributed by atoms with Crippen LogP contribution in [-0.4, -0.2) is 165 Å². The molecule has 10 rings (SSSR count). The summed E-state index contributed by atoms with van der Waals surface area (Å²) in [5, 5.41) is 6.21. The number of carbonyl (C=O) groups excluding carboxylic acids is 2. The summed E-state index contributed by atoms with van der Waals surface area (Å²) in [7, 11) is -3.80. The van der Waals surface area contributed by atoms with Gasteiger partial charge in [0.15, 0.2) is 0 Å². The molecular formula is C72H88ClF2N3O16S. The van der Waals surface area contributed by atoms with E-state index < -0.39 is 46.9 Å². The lowest BCUT2D eigenvalue weighted by molar-refractivity contribution is 0.0279. The molecule has 0 aliphatic heterocycles. The number of fused-ring (bicyclic) bond motifs is 9. The number of nitrogens with zero attached hydrogens (tertiary/aromatic N) is 2. The Hall–Kier alpha value is -7.90. The number of benzene rings is 7. The fourth-order valence-corrected chi connectivity index (χ4v) is 10.6. The van der Waals surface area contributed by atoms with Crippen molar-refractivity contribution in [1.29, 1.82) is 0 Å². The van der Waals surface area contributed by atoms with Gasteiger partial charge in [-0.3, -0.25) is 4.18 Å². The lowest BCUT2D eigenvalue weighted by Crippen LogP contribution is -2.27. The number of alkyl halides is 2. The number of nitrogens with one attached hydrogen (secondary N) is 1. The number of aromatic amines is 1. The summed E-state index contributed by atoms with van der Waals surface area (Å²) in [6.07, 6.45) is -0.875. The van der Waals surface area contributed by atoms with E-state index in [0.29, 0.717) is 89.7 Å². The van der Waals surface area contributed by atoms with Gasteiger partial charge in [-0.05, 0) is 115 Å². The van der Waals surface area contributed by atoms with E-state index in [1.165, 1.54) is 22.9 Å². The zero-order valence-corrected chi connectivity index (χ0v) is 55.8. The molecule has 0 spiro atoms. The number of hydrogen-bond donors (Lipinski definition) is 1. The Morgan fingerprint density at radius 3 is 1.19 bits per heavy atom. The average Bonchev–Trinajstić information content (AvgIpc) is 1.62. The maximum atomic E-state index is 13.0. The summed E-state index contributed by atoms with van der Waals surface area (Å²) in [6.45, 7) is 16.7. The molecule has 7 aromatic carbocycles. The molecule has 0 fully saturated rings. The number of rotatable bonds is 30. The van der Waals surface area contributed by atoms with Crippen LogP contribution in [0.5, 0.6) is 17.2 Å². The number of carbonyl (C=O) groups is 2. The largest absolute Gasteiger partial charge is 0.491 e. The molecule has 0 saturated heterocycles. The minimum atomic E-state index is -3.80. The topological polar surface area (TPSA) is 205 Å². The monoisotopic (exact) mass is 1350 g/mol. The first-order valence-electron chi connectivity index (χ1n) is 30.8. The number of ether oxygens (including phenoxy) is 11. The van der Waals surface area contributed by atoms with Crippen molar-refractivity contribution in [1.82, 2.24) is 14.1 Å². The third kappa shape index (κ3) is 22.6. The van der Waals surface area contributed by atoms with Gasteiger partial charge in [-0.2, -0.15) is 8.42 Å². The van der Waals surface area contributed by atoms with Crippen molar-refractivity contribution in [2.45, 2.75) is 72.0 Å². The Kier molecular flexibility index (Phi) is 30.0. The van der Waals surface area contributed by atoms with Crippen molar-refractivity contribution in [3.8, 4) is 17.2 Å². The van der Waals surface area contributed by atoms with Crippen LogP contribution in [0.2, 0.25) is 0 Å². The van der Waals surface area contributed by atoms with E-state index in [4.69, 9.17) is 56.3 Å². The minimum Gasteiger partial charge on any atom is -0.491 e. The van der Waals surface area contributed by atoms with Gasteiger partial charge < -0.3 is 57.1 Å². The Morgan fingerprint density at radius 2 is 0.758 bits per heavy atom. The smallest absolute Gasteiger partial charge is 0.419 e. The third-order valence-corrected chi connectivity index (χ3v) is 15.1. The minimum absolute atomic E-state index is 0. The number of aryl methyl sites for hydroxylation is 1. The van der Waals surface area contributed by atoms with Gasteiger partial charge in [0.25, 0.3) is 10.1 Å². The summed E-state index contributed by atoms with van der Waals surface area (Å²) >= 11 is 0. The summed E-state index contributed by atoms with van der Waals surface area (Å²) in [4.78, 5) is 29.5. The van der Waals surface area contributed by atoms with Gasteiger partial charge in [-0.1, -0.05) is 79.7 Å². The zero-order chi connectivity index (χ0) is 66.2. The van der Waals surface area contributed by atoms with Crippen LogP contribution in [0.1, 0.15) is 54.5 Å². The fraction of sp³-hybridized carbons (Fsp3) is 0.389. The van der Waals surface area contributed by atoms with Crippen LogP contribution >= 0.6 is 12.4 Å². The fourth-order valence-electron chi connectivity index (χ4n) is 9.72. The maximum Gasteiger partial charge on any atom is 0.419 e. The van der Waals surface area contributed by atoms with Crippen LogP contribution in [0.3, 0.4) is 0 Å². The molecule has 0 amide bonds. The van der Waals surface area contributed by atoms with Crippen LogP contribution in [0.25, 0.3) is 65.4 Å². The van der Waals surface area contributed by atoms with Crippen LogP contribution in [0.15, 0.2) is 157 Å². The Labute approximate surface area is 560 Å². The summed E-state index contributed by atoms with van der Waals surface area (Å²) in [5.74, 6) is 2.04. The molecule has 0 radical (unpaired) electrons. The van der Waals surface area contributed by atoms with E-state index in [9.17, 15) is 26.8 Å². The van der Waals surface area contributed by atoms with Crippen LogP contribution < -0.4 is 14.2 Å². The first kappa shape index (κ1) is 76.1. The van der Waals surface area contributed by atoms with Crippen LogP contribution in [-0.2, 0) is 52.2 Å². The Morgan fingerprint density at radius 1 is 0.411 bits per heavy atom. The standard InChI is InChI=1S/C30H35NO8S.C23H28FNO5.C18H20FNO3.CH4.ClH/c1-22-9-12-24(13-10-22)40(33,34)38-20-18-36-16-15-35-17-19-37-23-11-14-26-25-7-5-6-8-27(25)31(28(26)21-23)29(32)39-30(2,3)4;1-23(2,3)30-22(26)25-20-7-5-4-6-18(20)19-9-8-17(16-21(19)25)29-15-14-28-13-12-27-11-10-24;19-7-8-21-9-10-22-11-12-23-14-5-6-16-15-3-1-2-4-17(15)20-18(16)13-14;;/h5-14,21H,15-20H2,1-4H3;4-9,16H,10-15H2,1-3H3;1-6,13,20H,7-12H2;1H4;1H/i;24-1;19-1;;. The molecule has 0 saturated carbocycles. The zero-order valence-electron chi connectivity index (χ0n) is 54.2. The SMILES string of the molecule is C.CC(C)(C)OC(=O)n1c2ccccc2c2ccc(OCCOCCOCC[18F])cc21.Cc1ccc(S(=O)(=O)OCCOCCOCCOc2ccc3c4ccccc4n(C(=O)OC(C)(C)C)c3c2)cc1.Cl.[18F]CCOCCOCCOc1ccc2c(c1)[nH]c1ccccc12.